The van der Waals surface area contributed by atoms with Crippen LogP contribution in [-0.4, -0.2) is 26.0 Å². The molecule has 19 heavy (non-hydrogen) atoms. The van der Waals surface area contributed by atoms with Crippen molar-refractivity contribution < 1.29 is 4.79 Å². The molecule has 4 nitrogen and oxygen atoms in total. The fraction of sp³-hybridized carbons (Fsp3) is 0.500. The predicted molar refractivity (Wildman–Crippen MR) is 78.3 cm³/mol. The average Bonchev–Trinajstić information content (AvgIpc) is 2.41. The van der Waals surface area contributed by atoms with Crippen LogP contribution >= 0.6 is 11.6 Å². The van der Waals surface area contributed by atoms with E-state index in [0.717, 1.165) is 36.6 Å². The Labute approximate surface area is 118 Å². The summed E-state index contributed by atoms with van der Waals surface area (Å²) in [5.74, 6) is -0.267. The third-order valence-electron chi connectivity index (χ3n) is 3.58. The molecule has 1 saturated heterocycles. The highest BCUT2D eigenvalue weighted by Gasteiger charge is 2.25. The van der Waals surface area contributed by atoms with Gasteiger partial charge in [-0.1, -0.05) is 17.7 Å². The zero-order chi connectivity index (χ0) is 13.8. The van der Waals surface area contributed by atoms with E-state index in [-0.39, 0.29) is 11.8 Å². The second kappa shape index (κ2) is 6.26. The van der Waals surface area contributed by atoms with Gasteiger partial charge in [0.1, 0.15) is 0 Å². The molecule has 0 saturated carbocycles. The van der Waals surface area contributed by atoms with E-state index in [9.17, 15) is 4.79 Å². The molecule has 1 aliphatic heterocycles. The molecule has 1 unspecified atom stereocenters. The lowest BCUT2D eigenvalue weighted by molar-refractivity contribution is -0.122. The Balaban J connectivity index is 2.24. The Kier molecular flexibility index (Phi) is 4.66. The van der Waals surface area contributed by atoms with Crippen molar-refractivity contribution in [2.75, 3.05) is 25.0 Å². The summed E-state index contributed by atoms with van der Waals surface area (Å²) >= 11 is 6.10. The summed E-state index contributed by atoms with van der Waals surface area (Å²) in [6.07, 6.45) is 1.87. The maximum Gasteiger partial charge on any atom is 0.222 e. The number of halogens is 1. The van der Waals surface area contributed by atoms with Gasteiger partial charge in [0, 0.05) is 30.3 Å². The second-order valence-corrected chi connectivity index (χ2v) is 5.43. The first-order chi connectivity index (χ1) is 9.11. The minimum Gasteiger partial charge on any atom is -0.370 e. The van der Waals surface area contributed by atoms with Crippen molar-refractivity contribution in [3.63, 3.8) is 0 Å². The molecule has 1 fully saturated rings. The third-order valence-corrected chi connectivity index (χ3v) is 3.81. The maximum absolute atomic E-state index is 11.4. The number of benzene rings is 1. The maximum atomic E-state index is 11.4. The van der Waals surface area contributed by atoms with Gasteiger partial charge >= 0.3 is 0 Å². The van der Waals surface area contributed by atoms with E-state index in [0.29, 0.717) is 6.54 Å². The Morgan fingerprint density at radius 3 is 3.05 bits per heavy atom. The van der Waals surface area contributed by atoms with Crippen molar-refractivity contribution in [2.45, 2.75) is 19.4 Å². The molecule has 0 aromatic heterocycles. The highest BCUT2D eigenvalue weighted by atomic mass is 35.5. The van der Waals surface area contributed by atoms with Crippen molar-refractivity contribution in [1.82, 2.24) is 5.32 Å². The van der Waals surface area contributed by atoms with Crippen LogP contribution in [-0.2, 0) is 11.3 Å². The van der Waals surface area contributed by atoms with E-state index in [4.69, 9.17) is 17.3 Å². The summed E-state index contributed by atoms with van der Waals surface area (Å²) in [6, 6.07) is 5.90. The van der Waals surface area contributed by atoms with E-state index >= 15 is 0 Å². The van der Waals surface area contributed by atoms with Crippen LogP contribution in [0.3, 0.4) is 0 Å². The molecule has 3 N–H and O–H groups in total. The fourth-order valence-electron chi connectivity index (χ4n) is 2.60. The SMILES string of the molecule is CNCc1ccc(Cl)cc1N1CCCC(C(N)=O)C1. The van der Waals surface area contributed by atoms with Gasteiger partial charge in [0.15, 0.2) is 0 Å². The monoisotopic (exact) mass is 281 g/mol. The Morgan fingerprint density at radius 2 is 2.37 bits per heavy atom. The average molecular weight is 282 g/mol. The summed E-state index contributed by atoms with van der Waals surface area (Å²) in [6.45, 7) is 2.41. The first-order valence-electron chi connectivity index (χ1n) is 6.59. The van der Waals surface area contributed by atoms with Gasteiger partial charge in [0.25, 0.3) is 0 Å². The minimum atomic E-state index is -0.207. The molecule has 1 amide bonds. The van der Waals surface area contributed by atoms with Crippen LogP contribution in [0.5, 0.6) is 0 Å². The number of carbonyl (C=O) groups is 1. The molecular weight excluding hydrogens is 262 g/mol. The van der Waals surface area contributed by atoms with Gasteiger partial charge in [-0.15, -0.1) is 0 Å². The van der Waals surface area contributed by atoms with E-state index < -0.39 is 0 Å². The summed E-state index contributed by atoms with van der Waals surface area (Å²) in [7, 11) is 1.92. The summed E-state index contributed by atoms with van der Waals surface area (Å²) in [4.78, 5) is 13.6. The highest BCUT2D eigenvalue weighted by molar-refractivity contribution is 6.30. The van der Waals surface area contributed by atoms with Gasteiger partial charge in [-0.3, -0.25) is 4.79 Å². The smallest absolute Gasteiger partial charge is 0.222 e. The van der Waals surface area contributed by atoms with Gasteiger partial charge in [-0.2, -0.15) is 0 Å². The van der Waals surface area contributed by atoms with E-state index in [1.54, 1.807) is 0 Å². The second-order valence-electron chi connectivity index (χ2n) is 4.99. The first kappa shape index (κ1) is 14.2. The quantitative estimate of drug-likeness (QED) is 0.884. The number of nitrogens with two attached hydrogens (primary N) is 1. The van der Waals surface area contributed by atoms with Crippen LogP contribution in [0.1, 0.15) is 18.4 Å². The molecule has 1 aromatic rings. The minimum absolute atomic E-state index is 0.0600. The molecule has 0 radical (unpaired) electrons. The number of primary amides is 1. The Hall–Kier alpha value is -1.26. The number of nitrogens with one attached hydrogen (secondary N) is 1. The lowest BCUT2D eigenvalue weighted by Gasteiger charge is -2.34. The molecule has 0 aliphatic carbocycles. The van der Waals surface area contributed by atoms with Crippen molar-refractivity contribution in [3.05, 3.63) is 28.8 Å². The topological polar surface area (TPSA) is 58.4 Å². The number of nitrogens with zero attached hydrogens (tertiary/aromatic N) is 1. The highest BCUT2D eigenvalue weighted by Crippen LogP contribution is 2.29. The van der Waals surface area contributed by atoms with Gasteiger partial charge in [-0.05, 0) is 37.6 Å². The van der Waals surface area contributed by atoms with Crippen molar-refractivity contribution in [2.24, 2.45) is 11.7 Å². The van der Waals surface area contributed by atoms with Crippen molar-refractivity contribution >= 4 is 23.2 Å². The van der Waals surface area contributed by atoms with Gasteiger partial charge in [0.2, 0.25) is 5.91 Å². The number of rotatable bonds is 4. The van der Waals surface area contributed by atoms with E-state index in [2.05, 4.69) is 10.2 Å². The molecule has 0 spiro atoms. The van der Waals surface area contributed by atoms with E-state index in [1.807, 2.05) is 25.2 Å². The molecule has 2 rings (SSSR count). The van der Waals surface area contributed by atoms with Crippen LogP contribution in [0.15, 0.2) is 18.2 Å². The summed E-state index contributed by atoms with van der Waals surface area (Å²) in [5, 5.41) is 3.87. The molecular formula is C14H20ClN3O. The van der Waals surface area contributed by atoms with Gasteiger partial charge in [-0.25, -0.2) is 0 Å². The largest absolute Gasteiger partial charge is 0.370 e. The Bertz CT molecular complexity index is 464. The molecule has 104 valence electrons. The van der Waals surface area contributed by atoms with Gasteiger partial charge < -0.3 is 16.0 Å². The van der Waals surface area contributed by atoms with Crippen LogP contribution < -0.4 is 16.0 Å². The lowest BCUT2D eigenvalue weighted by Crippen LogP contribution is -2.41. The molecule has 0 bridgehead atoms. The number of amides is 1. The third kappa shape index (κ3) is 3.39. The molecule has 5 heteroatoms. The Morgan fingerprint density at radius 1 is 1.58 bits per heavy atom. The number of hydrogen-bond donors (Lipinski definition) is 2. The fourth-order valence-corrected chi connectivity index (χ4v) is 2.77. The number of anilines is 1. The van der Waals surface area contributed by atoms with Crippen LogP contribution in [0.2, 0.25) is 5.02 Å². The van der Waals surface area contributed by atoms with Crippen LogP contribution in [0.4, 0.5) is 5.69 Å². The predicted octanol–water partition coefficient (Wildman–Crippen LogP) is 1.76. The van der Waals surface area contributed by atoms with Gasteiger partial charge in [0.05, 0.1) is 5.92 Å². The zero-order valence-corrected chi connectivity index (χ0v) is 11.9. The first-order valence-corrected chi connectivity index (χ1v) is 6.97. The molecule has 1 heterocycles. The van der Waals surface area contributed by atoms with Crippen molar-refractivity contribution in [3.8, 4) is 0 Å². The number of carbonyl (C=O) groups excluding carboxylic acids is 1. The zero-order valence-electron chi connectivity index (χ0n) is 11.2. The molecule has 1 atom stereocenters. The number of piperidine rings is 1. The summed E-state index contributed by atoms with van der Waals surface area (Å²) in [5.41, 5.74) is 7.73. The lowest BCUT2D eigenvalue weighted by atomic mass is 9.96. The number of hydrogen-bond acceptors (Lipinski definition) is 3. The normalized spacial score (nSPS) is 19.5. The summed E-state index contributed by atoms with van der Waals surface area (Å²) < 4.78 is 0. The standard InChI is InChI=1S/C14H20ClN3O/c1-17-8-10-4-5-12(15)7-13(10)18-6-2-3-11(9-18)14(16)19/h4-5,7,11,17H,2-3,6,8-9H2,1H3,(H2,16,19). The van der Waals surface area contributed by atoms with E-state index in [1.165, 1.54) is 5.56 Å². The van der Waals surface area contributed by atoms with Crippen LogP contribution in [0.25, 0.3) is 0 Å². The molecule has 1 aliphatic rings. The van der Waals surface area contributed by atoms with Crippen LogP contribution in [0, 0.1) is 5.92 Å². The molecule has 1 aromatic carbocycles. The van der Waals surface area contributed by atoms with Crippen molar-refractivity contribution in [1.29, 1.82) is 0 Å².